The number of fused-ring (bicyclic) bond motifs is 1. The Labute approximate surface area is 224 Å². The number of benzene rings is 3. The Morgan fingerprint density at radius 1 is 1.11 bits per heavy atom. The monoisotopic (exact) mass is 612 g/mol. The average molecular weight is 614 g/mol. The van der Waals surface area contributed by atoms with Crippen LogP contribution in [0.5, 0.6) is 11.5 Å². The molecule has 0 saturated carbocycles. The largest absolute Gasteiger partial charge is 0.493 e. The number of aromatic nitrogens is 2. The quantitative estimate of drug-likeness (QED) is 0.269. The van der Waals surface area contributed by atoms with Crippen LogP contribution >= 0.6 is 31.9 Å². The molecule has 8 nitrogen and oxygen atoms in total. The third-order valence-corrected chi connectivity index (χ3v) is 6.13. The van der Waals surface area contributed by atoms with Gasteiger partial charge in [0.2, 0.25) is 0 Å². The van der Waals surface area contributed by atoms with Gasteiger partial charge in [-0.1, -0.05) is 57.0 Å². The van der Waals surface area contributed by atoms with Gasteiger partial charge in [-0.25, -0.2) is 4.98 Å². The number of anilines is 1. The molecule has 36 heavy (non-hydrogen) atoms. The van der Waals surface area contributed by atoms with E-state index in [9.17, 15) is 9.59 Å². The molecule has 1 heterocycles. The van der Waals surface area contributed by atoms with Crippen LogP contribution in [0.25, 0.3) is 10.9 Å². The minimum absolute atomic E-state index is 0.251. The van der Waals surface area contributed by atoms with Crippen LogP contribution in [0.2, 0.25) is 0 Å². The molecule has 0 bridgehead atoms. The van der Waals surface area contributed by atoms with Gasteiger partial charge in [-0.3, -0.25) is 9.59 Å². The van der Waals surface area contributed by atoms with Crippen LogP contribution in [0, 0.1) is 0 Å². The molecule has 184 valence electrons. The van der Waals surface area contributed by atoms with Crippen molar-refractivity contribution < 1.29 is 14.3 Å². The highest BCUT2D eigenvalue weighted by atomic mass is 79.9. The van der Waals surface area contributed by atoms with Crippen molar-refractivity contribution in [1.82, 2.24) is 9.66 Å². The first-order valence-electron chi connectivity index (χ1n) is 11.0. The molecule has 0 fully saturated rings. The zero-order valence-corrected chi connectivity index (χ0v) is 22.7. The zero-order valence-electron chi connectivity index (χ0n) is 19.5. The van der Waals surface area contributed by atoms with E-state index in [1.807, 2.05) is 31.2 Å². The van der Waals surface area contributed by atoms with Crippen molar-refractivity contribution in [3.8, 4) is 11.5 Å². The topological polar surface area (TPSA) is 94.8 Å². The fraction of sp³-hybridized carbons (Fsp3) is 0.154. The van der Waals surface area contributed by atoms with Crippen LogP contribution in [-0.2, 0) is 11.2 Å². The SMILES string of the molecule is CCc1nc2ccc(Br)cc2c(=O)n1N=Cc1cc(Br)cc(OC)c1OCC(=O)Nc1ccccc1. The second-order valence-electron chi connectivity index (χ2n) is 7.63. The normalized spacial score (nSPS) is 11.1. The molecule has 0 unspecified atom stereocenters. The average Bonchev–Trinajstić information content (AvgIpc) is 2.87. The van der Waals surface area contributed by atoms with Crippen molar-refractivity contribution in [2.45, 2.75) is 13.3 Å². The second-order valence-corrected chi connectivity index (χ2v) is 9.47. The number of hydrogen-bond acceptors (Lipinski definition) is 6. The van der Waals surface area contributed by atoms with Crippen molar-refractivity contribution in [2.24, 2.45) is 5.10 Å². The molecule has 1 amide bonds. The van der Waals surface area contributed by atoms with Crippen molar-refractivity contribution in [3.05, 3.63) is 91.4 Å². The van der Waals surface area contributed by atoms with Gasteiger partial charge in [-0.15, -0.1) is 0 Å². The lowest BCUT2D eigenvalue weighted by Crippen LogP contribution is -2.22. The summed E-state index contributed by atoms with van der Waals surface area (Å²) in [5, 5.41) is 7.66. The van der Waals surface area contributed by atoms with E-state index in [1.165, 1.54) is 18.0 Å². The molecule has 4 aromatic rings. The van der Waals surface area contributed by atoms with Gasteiger partial charge < -0.3 is 14.8 Å². The number of amides is 1. The zero-order chi connectivity index (χ0) is 25.7. The van der Waals surface area contributed by atoms with Gasteiger partial charge in [-0.05, 0) is 42.5 Å². The summed E-state index contributed by atoms with van der Waals surface area (Å²) in [4.78, 5) is 30.3. The highest BCUT2D eigenvalue weighted by Crippen LogP contribution is 2.34. The first kappa shape index (κ1) is 25.6. The van der Waals surface area contributed by atoms with Crippen LogP contribution in [0.1, 0.15) is 18.3 Å². The molecule has 0 spiro atoms. The number of halogens is 2. The molecular weight excluding hydrogens is 592 g/mol. The molecule has 0 aliphatic heterocycles. The van der Waals surface area contributed by atoms with Crippen LogP contribution in [-0.4, -0.2) is 35.5 Å². The minimum Gasteiger partial charge on any atom is -0.493 e. The summed E-state index contributed by atoms with van der Waals surface area (Å²) in [5.74, 6) is 0.901. The molecular formula is C26H22Br2N4O4. The fourth-order valence-corrected chi connectivity index (χ4v) is 4.33. The van der Waals surface area contributed by atoms with E-state index in [0.29, 0.717) is 50.4 Å². The molecule has 1 N–H and O–H groups in total. The van der Waals surface area contributed by atoms with E-state index in [2.05, 4.69) is 47.3 Å². The van der Waals surface area contributed by atoms with E-state index in [-0.39, 0.29) is 18.1 Å². The molecule has 0 aliphatic carbocycles. The third kappa shape index (κ3) is 5.83. The molecule has 1 aromatic heterocycles. The van der Waals surface area contributed by atoms with Crippen LogP contribution in [0.15, 0.2) is 79.5 Å². The number of rotatable bonds is 8. The summed E-state index contributed by atoms with van der Waals surface area (Å²) in [5.41, 5.74) is 1.49. The standard InChI is InChI=1S/C26H22Br2N4O4/c1-3-23-31-21-10-9-17(27)12-20(21)26(34)32(23)29-14-16-11-18(28)13-22(35-2)25(16)36-15-24(33)30-19-7-5-4-6-8-19/h4-14H,3,15H2,1-2H3,(H,30,33). The summed E-state index contributed by atoms with van der Waals surface area (Å²) >= 11 is 6.86. The number of carbonyl (C=O) groups excluding carboxylic acids is 1. The Morgan fingerprint density at radius 3 is 2.61 bits per heavy atom. The number of hydrogen-bond donors (Lipinski definition) is 1. The Bertz CT molecular complexity index is 1500. The van der Waals surface area contributed by atoms with Gasteiger partial charge in [0.05, 0.1) is 24.2 Å². The van der Waals surface area contributed by atoms with E-state index < -0.39 is 0 Å². The van der Waals surface area contributed by atoms with Gasteiger partial charge >= 0.3 is 0 Å². The number of para-hydroxylation sites is 1. The first-order valence-corrected chi connectivity index (χ1v) is 12.6. The Hall–Kier alpha value is -3.50. The number of methoxy groups -OCH3 is 1. The maximum Gasteiger partial charge on any atom is 0.282 e. The van der Waals surface area contributed by atoms with Crippen molar-refractivity contribution in [2.75, 3.05) is 19.0 Å². The van der Waals surface area contributed by atoms with Crippen LogP contribution in [0.3, 0.4) is 0 Å². The maximum absolute atomic E-state index is 13.2. The number of nitrogens with one attached hydrogen (secondary N) is 1. The predicted octanol–water partition coefficient (Wildman–Crippen LogP) is 5.39. The van der Waals surface area contributed by atoms with Crippen molar-refractivity contribution in [1.29, 1.82) is 0 Å². The Balaban J connectivity index is 1.68. The van der Waals surface area contributed by atoms with Gasteiger partial charge in [0.1, 0.15) is 5.82 Å². The smallest absolute Gasteiger partial charge is 0.282 e. The van der Waals surface area contributed by atoms with Gasteiger partial charge in [0, 0.05) is 26.6 Å². The Kier molecular flexibility index (Phi) is 8.17. The second kappa shape index (κ2) is 11.5. The van der Waals surface area contributed by atoms with Gasteiger partial charge in [-0.2, -0.15) is 9.78 Å². The summed E-state index contributed by atoms with van der Waals surface area (Å²) in [6.45, 7) is 1.65. The van der Waals surface area contributed by atoms with E-state index in [0.717, 1.165) is 4.47 Å². The third-order valence-electron chi connectivity index (χ3n) is 5.18. The van der Waals surface area contributed by atoms with Crippen LogP contribution < -0.4 is 20.3 Å². The minimum atomic E-state index is -0.331. The highest BCUT2D eigenvalue weighted by molar-refractivity contribution is 9.10. The Morgan fingerprint density at radius 2 is 1.89 bits per heavy atom. The summed E-state index contributed by atoms with van der Waals surface area (Å²) < 4.78 is 14.1. The van der Waals surface area contributed by atoms with Gasteiger partial charge in [0.25, 0.3) is 11.5 Å². The molecule has 10 heteroatoms. The van der Waals surface area contributed by atoms with Crippen LogP contribution in [0.4, 0.5) is 5.69 Å². The highest BCUT2D eigenvalue weighted by Gasteiger charge is 2.15. The lowest BCUT2D eigenvalue weighted by molar-refractivity contribution is -0.118. The lowest BCUT2D eigenvalue weighted by atomic mass is 10.2. The summed E-state index contributed by atoms with van der Waals surface area (Å²) in [7, 11) is 1.50. The molecule has 3 aromatic carbocycles. The van der Waals surface area contributed by atoms with Crippen molar-refractivity contribution >= 4 is 60.6 Å². The molecule has 0 atom stereocenters. The maximum atomic E-state index is 13.2. The molecule has 0 aliphatic rings. The molecule has 0 saturated heterocycles. The van der Waals surface area contributed by atoms with Crippen molar-refractivity contribution in [3.63, 3.8) is 0 Å². The first-order chi connectivity index (χ1) is 17.4. The number of ether oxygens (including phenoxy) is 2. The summed E-state index contributed by atoms with van der Waals surface area (Å²) in [6, 6.07) is 17.9. The number of aryl methyl sites for hydroxylation is 1. The molecule has 0 radical (unpaired) electrons. The van der Waals surface area contributed by atoms with Gasteiger partial charge in [0.15, 0.2) is 18.1 Å². The lowest BCUT2D eigenvalue weighted by Gasteiger charge is -2.14. The molecule has 4 rings (SSSR count). The number of nitrogens with zero attached hydrogens (tertiary/aromatic N) is 3. The number of carbonyl (C=O) groups is 1. The van der Waals surface area contributed by atoms with E-state index in [4.69, 9.17) is 9.47 Å². The van der Waals surface area contributed by atoms with E-state index in [1.54, 1.807) is 36.4 Å². The predicted molar refractivity (Wildman–Crippen MR) is 147 cm³/mol. The summed E-state index contributed by atoms with van der Waals surface area (Å²) in [6.07, 6.45) is 1.99. The van der Waals surface area contributed by atoms with E-state index >= 15 is 0 Å². The fourth-order valence-electron chi connectivity index (χ4n) is 3.51.